The van der Waals surface area contributed by atoms with Crippen molar-refractivity contribution in [2.24, 2.45) is 0 Å². The summed E-state index contributed by atoms with van der Waals surface area (Å²) in [5, 5.41) is 2.46. The first-order chi connectivity index (χ1) is 9.90. The first-order valence-corrected chi connectivity index (χ1v) is 6.68. The zero-order valence-electron chi connectivity index (χ0n) is 12.5. The van der Waals surface area contributed by atoms with E-state index in [2.05, 4.69) is 10.1 Å². The van der Waals surface area contributed by atoms with E-state index in [1.165, 1.54) is 0 Å². The lowest BCUT2D eigenvalue weighted by Crippen LogP contribution is -2.44. The van der Waals surface area contributed by atoms with Gasteiger partial charge in [-0.25, -0.2) is 4.79 Å². The number of ether oxygens (including phenoxy) is 2. The van der Waals surface area contributed by atoms with Crippen LogP contribution in [0.25, 0.3) is 5.53 Å². The molecule has 0 aliphatic carbocycles. The highest BCUT2D eigenvalue weighted by atomic mass is 16.5. The Morgan fingerprint density at radius 2 is 2.00 bits per heavy atom. The van der Waals surface area contributed by atoms with E-state index in [0.717, 1.165) is 6.21 Å². The Bertz CT molecular complexity index is 416. The SMILES string of the molecule is CCOCC(=O)N[C@@H](CCC(=O)C=[N+]=[N-])C(=O)OC(C)C. The third-order valence-electron chi connectivity index (χ3n) is 2.29. The summed E-state index contributed by atoms with van der Waals surface area (Å²) in [6, 6.07) is -0.948. The molecule has 0 fully saturated rings. The Morgan fingerprint density at radius 3 is 2.52 bits per heavy atom. The third-order valence-corrected chi connectivity index (χ3v) is 2.29. The lowest BCUT2D eigenvalue weighted by molar-refractivity contribution is -0.152. The van der Waals surface area contributed by atoms with Crippen molar-refractivity contribution in [3.63, 3.8) is 0 Å². The highest BCUT2D eigenvalue weighted by Crippen LogP contribution is 2.03. The largest absolute Gasteiger partial charge is 0.461 e. The summed E-state index contributed by atoms with van der Waals surface area (Å²) >= 11 is 0. The average Bonchev–Trinajstić information content (AvgIpc) is 2.40. The monoisotopic (exact) mass is 299 g/mol. The van der Waals surface area contributed by atoms with Crippen molar-refractivity contribution in [2.75, 3.05) is 13.2 Å². The van der Waals surface area contributed by atoms with Crippen LogP contribution in [0.1, 0.15) is 33.6 Å². The van der Waals surface area contributed by atoms with Gasteiger partial charge >= 0.3 is 12.2 Å². The summed E-state index contributed by atoms with van der Waals surface area (Å²) in [5.74, 6) is -1.55. The second kappa shape index (κ2) is 10.7. The normalized spacial score (nSPS) is 11.4. The van der Waals surface area contributed by atoms with Gasteiger partial charge in [-0.3, -0.25) is 9.59 Å². The van der Waals surface area contributed by atoms with Crippen molar-refractivity contribution in [1.29, 1.82) is 0 Å². The number of carbonyl (C=O) groups is 3. The molecule has 0 aliphatic rings. The summed E-state index contributed by atoms with van der Waals surface area (Å²) in [6.45, 7) is 5.31. The zero-order valence-corrected chi connectivity index (χ0v) is 12.5. The van der Waals surface area contributed by atoms with Gasteiger partial charge in [0.25, 0.3) is 0 Å². The number of amides is 1. The van der Waals surface area contributed by atoms with E-state index in [-0.39, 0.29) is 25.6 Å². The molecule has 0 aromatic heterocycles. The molecule has 1 amide bonds. The maximum absolute atomic E-state index is 11.9. The van der Waals surface area contributed by atoms with Crippen LogP contribution in [0.5, 0.6) is 0 Å². The van der Waals surface area contributed by atoms with Crippen LogP contribution in [0.15, 0.2) is 0 Å². The van der Waals surface area contributed by atoms with Gasteiger partial charge in [0, 0.05) is 13.0 Å². The van der Waals surface area contributed by atoms with Crippen molar-refractivity contribution < 1.29 is 28.6 Å². The van der Waals surface area contributed by atoms with Crippen LogP contribution in [0.3, 0.4) is 0 Å². The van der Waals surface area contributed by atoms with Gasteiger partial charge in [0.1, 0.15) is 12.6 Å². The summed E-state index contributed by atoms with van der Waals surface area (Å²) in [5.41, 5.74) is 8.24. The Hall–Kier alpha value is -2.05. The van der Waals surface area contributed by atoms with Gasteiger partial charge in [-0.05, 0) is 27.2 Å². The average molecular weight is 299 g/mol. The Balaban J connectivity index is 4.60. The second-order valence-electron chi connectivity index (χ2n) is 4.49. The van der Waals surface area contributed by atoms with E-state index in [1.54, 1.807) is 20.8 Å². The third kappa shape index (κ3) is 9.48. The van der Waals surface area contributed by atoms with Crippen molar-refractivity contribution in [2.45, 2.75) is 45.8 Å². The number of hydrogen-bond donors (Lipinski definition) is 1. The molecule has 0 saturated heterocycles. The molecule has 0 bridgehead atoms. The van der Waals surface area contributed by atoms with Crippen molar-refractivity contribution in [3.8, 4) is 0 Å². The standard InChI is InChI=1S/C13H21N3O5/c1-4-20-8-12(18)16-11(13(19)21-9(2)3)6-5-10(17)7-15-14/h7,9,11H,4-6,8H2,1-3H3,(H,16,18)/t11-/m0/s1. The van der Waals surface area contributed by atoms with Crippen molar-refractivity contribution >= 4 is 23.9 Å². The highest BCUT2D eigenvalue weighted by molar-refractivity contribution is 6.25. The minimum absolute atomic E-state index is 0.0499. The summed E-state index contributed by atoms with van der Waals surface area (Å²) < 4.78 is 9.96. The predicted molar refractivity (Wildman–Crippen MR) is 73.6 cm³/mol. The van der Waals surface area contributed by atoms with E-state index in [1.807, 2.05) is 0 Å². The molecule has 0 aromatic carbocycles. The maximum atomic E-state index is 11.9. The van der Waals surface area contributed by atoms with E-state index >= 15 is 0 Å². The Labute approximate surface area is 123 Å². The van der Waals surface area contributed by atoms with Crippen molar-refractivity contribution in [1.82, 2.24) is 5.32 Å². The summed E-state index contributed by atoms with van der Waals surface area (Å²) in [7, 11) is 0. The van der Waals surface area contributed by atoms with Crippen LogP contribution in [-0.4, -0.2) is 54.0 Å². The molecule has 1 N–H and O–H groups in total. The fraction of sp³-hybridized carbons (Fsp3) is 0.692. The van der Waals surface area contributed by atoms with Gasteiger partial charge in [0.15, 0.2) is 0 Å². The van der Waals surface area contributed by atoms with E-state index in [4.69, 9.17) is 15.0 Å². The van der Waals surface area contributed by atoms with Crippen LogP contribution in [0, 0.1) is 0 Å². The Kier molecular flexibility index (Phi) is 9.66. The van der Waals surface area contributed by atoms with Crippen LogP contribution in [-0.2, 0) is 23.9 Å². The van der Waals surface area contributed by atoms with Crippen LogP contribution in [0.2, 0.25) is 0 Å². The van der Waals surface area contributed by atoms with E-state index < -0.39 is 23.7 Å². The molecule has 21 heavy (non-hydrogen) atoms. The number of nitrogens with zero attached hydrogens (tertiary/aromatic N) is 2. The first kappa shape index (κ1) is 18.9. The maximum Gasteiger partial charge on any atom is 0.328 e. The van der Waals surface area contributed by atoms with Crippen molar-refractivity contribution in [3.05, 3.63) is 5.53 Å². The number of ketones is 1. The van der Waals surface area contributed by atoms with Gasteiger partial charge < -0.3 is 20.3 Å². The van der Waals surface area contributed by atoms with Gasteiger partial charge in [0.2, 0.25) is 11.7 Å². The molecule has 0 aliphatic heterocycles. The molecular weight excluding hydrogens is 278 g/mol. The van der Waals surface area contributed by atoms with Gasteiger partial charge in [-0.2, -0.15) is 4.79 Å². The molecule has 1 atom stereocenters. The number of esters is 1. The summed E-state index contributed by atoms with van der Waals surface area (Å²) in [6.07, 6.45) is 0.399. The summed E-state index contributed by atoms with van der Waals surface area (Å²) in [4.78, 5) is 37.3. The van der Waals surface area contributed by atoms with E-state index in [9.17, 15) is 14.4 Å². The van der Waals surface area contributed by atoms with Gasteiger partial charge in [-0.1, -0.05) is 0 Å². The smallest absolute Gasteiger partial charge is 0.328 e. The van der Waals surface area contributed by atoms with Crippen LogP contribution >= 0.6 is 0 Å². The molecule has 8 nitrogen and oxygen atoms in total. The number of rotatable bonds is 10. The molecule has 118 valence electrons. The minimum Gasteiger partial charge on any atom is -0.461 e. The fourth-order valence-electron chi connectivity index (χ4n) is 1.41. The molecule has 0 rings (SSSR count). The molecule has 0 aromatic rings. The topological polar surface area (TPSA) is 118 Å². The molecular formula is C13H21N3O5. The lowest BCUT2D eigenvalue weighted by Gasteiger charge is -2.18. The Morgan fingerprint density at radius 1 is 1.33 bits per heavy atom. The highest BCUT2D eigenvalue weighted by Gasteiger charge is 2.24. The fourth-order valence-corrected chi connectivity index (χ4v) is 1.41. The van der Waals surface area contributed by atoms with Gasteiger partial charge in [-0.15, -0.1) is 0 Å². The molecule has 0 unspecified atom stereocenters. The zero-order chi connectivity index (χ0) is 16.3. The molecule has 0 spiro atoms. The molecule has 0 radical (unpaired) electrons. The van der Waals surface area contributed by atoms with Gasteiger partial charge in [0.05, 0.1) is 6.10 Å². The lowest BCUT2D eigenvalue weighted by atomic mass is 10.1. The second-order valence-corrected chi connectivity index (χ2v) is 4.49. The predicted octanol–water partition coefficient (Wildman–Crippen LogP) is 0.109. The minimum atomic E-state index is -0.948. The number of Topliss-reactive ketones (excluding diaryl/α,β-unsaturated/α-hetero) is 1. The molecule has 0 heterocycles. The van der Waals surface area contributed by atoms with E-state index in [0.29, 0.717) is 6.61 Å². The van der Waals surface area contributed by atoms with Crippen LogP contribution in [0.4, 0.5) is 0 Å². The molecule has 8 heteroatoms. The number of hydrogen-bond acceptors (Lipinski definition) is 5. The number of carbonyl (C=O) groups excluding carboxylic acids is 3. The first-order valence-electron chi connectivity index (χ1n) is 6.68. The quantitative estimate of drug-likeness (QED) is 0.266. The molecule has 0 saturated carbocycles. The number of nitrogens with one attached hydrogen (secondary N) is 1. The van der Waals surface area contributed by atoms with Crippen LogP contribution < -0.4 is 5.32 Å².